The molecule has 4 nitrogen and oxygen atoms in total. The number of hydrogen-bond acceptors (Lipinski definition) is 3. The topological polar surface area (TPSA) is 50.7 Å². The number of amides is 1. The highest BCUT2D eigenvalue weighted by molar-refractivity contribution is 6.09. The van der Waals surface area contributed by atoms with Gasteiger partial charge in [0.15, 0.2) is 5.84 Å². The predicted molar refractivity (Wildman–Crippen MR) is 99.6 cm³/mol. The van der Waals surface area contributed by atoms with Gasteiger partial charge in [-0.3, -0.25) is 4.79 Å². The number of carbonyl (C=O) groups excluding carboxylic acids is 1. The summed E-state index contributed by atoms with van der Waals surface area (Å²) in [6.07, 6.45) is -3.04. The number of nitrogens with one attached hydrogen (secondary N) is 1. The van der Waals surface area contributed by atoms with Gasteiger partial charge in [0.1, 0.15) is 12.4 Å². The van der Waals surface area contributed by atoms with E-state index in [0.29, 0.717) is 5.56 Å². The van der Waals surface area contributed by atoms with Crippen molar-refractivity contribution >= 4 is 11.7 Å². The van der Waals surface area contributed by atoms with Crippen LogP contribution in [0.25, 0.3) is 0 Å². The standard InChI is InChI=1S/C21H20F4N2O2/c1-13-7-10-16(21(23,24)25)18(19(13)22)20(27-29-12-15-8-9-15)26-17(28)11-14-5-3-2-4-6-14/h2-7,10,15H,8-9,11-12H2,1H3,(H,26,27,28). The van der Waals surface area contributed by atoms with Crippen LogP contribution in [-0.2, 0) is 22.2 Å². The molecule has 0 aromatic heterocycles. The number of aryl methyl sites for hydroxylation is 1. The van der Waals surface area contributed by atoms with Crippen molar-refractivity contribution in [2.45, 2.75) is 32.4 Å². The third-order valence-corrected chi connectivity index (χ3v) is 4.51. The summed E-state index contributed by atoms with van der Waals surface area (Å²) in [5.74, 6) is -2.03. The molecule has 1 N–H and O–H groups in total. The molecule has 1 amide bonds. The summed E-state index contributed by atoms with van der Waals surface area (Å²) in [6, 6.07) is 10.5. The van der Waals surface area contributed by atoms with Crippen LogP contribution in [-0.4, -0.2) is 18.3 Å². The molecule has 0 saturated heterocycles. The summed E-state index contributed by atoms with van der Waals surface area (Å²) in [4.78, 5) is 17.5. The largest absolute Gasteiger partial charge is 0.417 e. The van der Waals surface area contributed by atoms with E-state index in [-0.39, 0.29) is 24.5 Å². The molecule has 0 bridgehead atoms. The molecule has 2 aromatic rings. The molecule has 1 saturated carbocycles. The minimum absolute atomic E-state index is 0.000186. The van der Waals surface area contributed by atoms with Crippen LogP contribution in [0.15, 0.2) is 47.6 Å². The first-order valence-electron chi connectivity index (χ1n) is 9.16. The third kappa shape index (κ3) is 5.56. The molecule has 0 aliphatic heterocycles. The molecule has 1 aliphatic carbocycles. The Morgan fingerprint density at radius 3 is 2.48 bits per heavy atom. The lowest BCUT2D eigenvalue weighted by molar-refractivity contribution is -0.138. The fourth-order valence-corrected chi connectivity index (χ4v) is 2.73. The number of amidine groups is 1. The van der Waals surface area contributed by atoms with Gasteiger partial charge in [0.2, 0.25) is 5.91 Å². The Bertz CT molecular complexity index is 907. The molecule has 0 heterocycles. The first-order valence-corrected chi connectivity index (χ1v) is 9.16. The van der Waals surface area contributed by atoms with Gasteiger partial charge >= 0.3 is 6.18 Å². The highest BCUT2D eigenvalue weighted by atomic mass is 19.4. The summed E-state index contributed by atoms with van der Waals surface area (Å²) >= 11 is 0. The Kier molecular flexibility index (Phi) is 6.20. The van der Waals surface area contributed by atoms with E-state index in [2.05, 4.69) is 10.5 Å². The van der Waals surface area contributed by atoms with E-state index >= 15 is 0 Å². The van der Waals surface area contributed by atoms with Crippen LogP contribution in [0.4, 0.5) is 17.6 Å². The molecule has 29 heavy (non-hydrogen) atoms. The molecule has 3 rings (SSSR count). The summed E-state index contributed by atoms with van der Waals surface area (Å²) < 4.78 is 55.2. The summed E-state index contributed by atoms with van der Waals surface area (Å²) in [6.45, 7) is 1.54. The van der Waals surface area contributed by atoms with Gasteiger partial charge in [0.05, 0.1) is 17.5 Å². The van der Waals surface area contributed by atoms with Gasteiger partial charge < -0.3 is 10.2 Å². The van der Waals surface area contributed by atoms with Gasteiger partial charge in [-0.25, -0.2) is 4.39 Å². The van der Waals surface area contributed by atoms with Crippen LogP contribution in [0.2, 0.25) is 0 Å². The number of halogens is 4. The van der Waals surface area contributed by atoms with Crippen LogP contribution in [0.3, 0.4) is 0 Å². The van der Waals surface area contributed by atoms with E-state index in [1.54, 1.807) is 30.3 Å². The van der Waals surface area contributed by atoms with E-state index in [0.717, 1.165) is 25.0 Å². The lowest BCUT2D eigenvalue weighted by Gasteiger charge is -2.17. The minimum atomic E-state index is -4.83. The van der Waals surface area contributed by atoms with Crippen LogP contribution in [0.5, 0.6) is 0 Å². The third-order valence-electron chi connectivity index (χ3n) is 4.51. The van der Waals surface area contributed by atoms with Crippen molar-refractivity contribution < 1.29 is 27.2 Å². The van der Waals surface area contributed by atoms with E-state index < -0.39 is 34.9 Å². The molecule has 0 atom stereocenters. The van der Waals surface area contributed by atoms with Crippen molar-refractivity contribution in [2.24, 2.45) is 11.1 Å². The lowest BCUT2D eigenvalue weighted by atomic mass is 10.0. The second-order valence-corrected chi connectivity index (χ2v) is 7.01. The van der Waals surface area contributed by atoms with Crippen LogP contribution >= 0.6 is 0 Å². The number of carbonyl (C=O) groups is 1. The molecular weight excluding hydrogens is 388 g/mol. The second-order valence-electron chi connectivity index (χ2n) is 7.01. The smallest absolute Gasteiger partial charge is 0.394 e. The Morgan fingerprint density at radius 2 is 1.86 bits per heavy atom. The van der Waals surface area contributed by atoms with Crippen molar-refractivity contribution in [1.82, 2.24) is 5.32 Å². The molecule has 1 aliphatic rings. The van der Waals surface area contributed by atoms with Crippen molar-refractivity contribution in [3.8, 4) is 0 Å². The highest BCUT2D eigenvalue weighted by Gasteiger charge is 2.37. The Balaban J connectivity index is 1.93. The maximum Gasteiger partial charge on any atom is 0.417 e. The average Bonchev–Trinajstić information content (AvgIpc) is 3.47. The molecule has 2 aromatic carbocycles. The van der Waals surface area contributed by atoms with Crippen molar-refractivity contribution in [3.63, 3.8) is 0 Å². The zero-order chi connectivity index (χ0) is 21.0. The molecule has 0 unspecified atom stereocenters. The Hall–Kier alpha value is -2.90. The second kappa shape index (κ2) is 8.63. The van der Waals surface area contributed by atoms with Gasteiger partial charge in [-0.15, -0.1) is 0 Å². The monoisotopic (exact) mass is 408 g/mol. The van der Waals surface area contributed by atoms with Gasteiger partial charge in [0, 0.05) is 0 Å². The number of rotatable bonds is 6. The Morgan fingerprint density at radius 1 is 1.17 bits per heavy atom. The Labute approximate surface area is 165 Å². The number of oxime groups is 1. The summed E-state index contributed by atoms with van der Waals surface area (Å²) in [7, 11) is 0. The maximum atomic E-state index is 14.7. The quantitative estimate of drug-likeness (QED) is 0.329. The van der Waals surface area contributed by atoms with Crippen molar-refractivity contribution in [1.29, 1.82) is 0 Å². The molecule has 1 fully saturated rings. The van der Waals surface area contributed by atoms with Gasteiger partial charge in [-0.1, -0.05) is 41.6 Å². The maximum absolute atomic E-state index is 14.7. The van der Waals surface area contributed by atoms with Gasteiger partial charge in [-0.05, 0) is 42.9 Å². The van der Waals surface area contributed by atoms with E-state index in [4.69, 9.17) is 4.84 Å². The van der Waals surface area contributed by atoms with Gasteiger partial charge in [0.25, 0.3) is 0 Å². The summed E-state index contributed by atoms with van der Waals surface area (Å²) in [5, 5.41) is 5.98. The first kappa shape index (κ1) is 20.8. The minimum Gasteiger partial charge on any atom is -0.394 e. The highest BCUT2D eigenvalue weighted by Crippen LogP contribution is 2.34. The van der Waals surface area contributed by atoms with Crippen LogP contribution < -0.4 is 5.32 Å². The van der Waals surface area contributed by atoms with Crippen molar-refractivity contribution in [3.05, 3.63) is 70.5 Å². The predicted octanol–water partition coefficient (Wildman–Crippen LogP) is 4.60. The molecule has 154 valence electrons. The van der Waals surface area contributed by atoms with Gasteiger partial charge in [-0.2, -0.15) is 13.2 Å². The van der Waals surface area contributed by atoms with E-state index in [1.165, 1.54) is 6.92 Å². The zero-order valence-corrected chi connectivity index (χ0v) is 15.7. The number of alkyl halides is 3. The number of benzene rings is 2. The summed E-state index contributed by atoms with van der Waals surface area (Å²) in [5.41, 5.74) is -1.40. The van der Waals surface area contributed by atoms with Crippen molar-refractivity contribution in [2.75, 3.05) is 6.61 Å². The molecular formula is C21H20F4N2O2. The van der Waals surface area contributed by atoms with E-state index in [9.17, 15) is 22.4 Å². The molecule has 8 heteroatoms. The van der Waals surface area contributed by atoms with E-state index in [1.807, 2.05) is 0 Å². The van der Waals surface area contributed by atoms with Crippen LogP contribution in [0, 0.1) is 18.7 Å². The molecule has 0 spiro atoms. The molecule has 0 radical (unpaired) electrons. The average molecular weight is 408 g/mol. The fraction of sp³-hybridized carbons (Fsp3) is 0.333. The zero-order valence-electron chi connectivity index (χ0n) is 15.7. The first-order chi connectivity index (χ1) is 13.8. The normalized spacial score (nSPS) is 14.6. The van der Waals surface area contributed by atoms with Crippen LogP contribution in [0.1, 0.15) is 35.1 Å². The number of hydrogen-bond donors (Lipinski definition) is 1. The lowest BCUT2D eigenvalue weighted by Crippen LogP contribution is -2.35. The number of nitrogens with zero attached hydrogens (tertiary/aromatic N) is 1. The fourth-order valence-electron chi connectivity index (χ4n) is 2.73. The SMILES string of the molecule is Cc1ccc(C(F)(F)F)c(/C(=N\OCC2CC2)NC(=O)Cc2ccccc2)c1F.